The predicted octanol–water partition coefficient (Wildman–Crippen LogP) is 4.27. The third kappa shape index (κ3) is 3.38. The van der Waals surface area contributed by atoms with Gasteiger partial charge in [0.15, 0.2) is 0 Å². The minimum Gasteiger partial charge on any atom is -0.497 e. The molecule has 27 heavy (non-hydrogen) atoms. The molecule has 3 aromatic rings. The Morgan fingerprint density at radius 3 is 2.52 bits per heavy atom. The van der Waals surface area contributed by atoms with Crippen molar-refractivity contribution >= 4 is 11.7 Å². The highest BCUT2D eigenvalue weighted by atomic mass is 19.1. The van der Waals surface area contributed by atoms with Gasteiger partial charge in [0.1, 0.15) is 11.6 Å². The van der Waals surface area contributed by atoms with E-state index in [1.807, 2.05) is 42.6 Å². The van der Waals surface area contributed by atoms with Gasteiger partial charge in [0.25, 0.3) is 0 Å². The molecule has 0 bridgehead atoms. The lowest BCUT2D eigenvalue weighted by Crippen LogP contribution is -2.44. The van der Waals surface area contributed by atoms with Gasteiger partial charge in [-0.2, -0.15) is 0 Å². The zero-order valence-electron chi connectivity index (χ0n) is 14.9. The van der Waals surface area contributed by atoms with Crippen molar-refractivity contribution in [2.24, 2.45) is 0 Å². The van der Waals surface area contributed by atoms with Crippen LogP contribution in [-0.2, 0) is 6.54 Å². The van der Waals surface area contributed by atoms with Crippen LogP contribution in [-0.4, -0.2) is 29.2 Å². The fraction of sp³-hybridized carbons (Fsp3) is 0.190. The van der Waals surface area contributed by atoms with Gasteiger partial charge < -0.3 is 19.5 Å². The van der Waals surface area contributed by atoms with Gasteiger partial charge in [-0.15, -0.1) is 0 Å². The van der Waals surface area contributed by atoms with Crippen molar-refractivity contribution in [2.75, 3.05) is 19.0 Å². The Kier molecular flexibility index (Phi) is 4.54. The SMILES string of the molecule is COc1ccc(C2c3cccn3CCN2C(=O)Nc2ccc(F)cc2)cc1. The lowest BCUT2D eigenvalue weighted by Gasteiger charge is -2.37. The Hall–Kier alpha value is -3.28. The lowest BCUT2D eigenvalue weighted by atomic mass is 10.00. The number of rotatable bonds is 3. The van der Waals surface area contributed by atoms with Gasteiger partial charge in [0.05, 0.1) is 13.2 Å². The van der Waals surface area contributed by atoms with Gasteiger partial charge in [0.2, 0.25) is 0 Å². The number of anilines is 1. The molecule has 6 heteroatoms. The topological polar surface area (TPSA) is 46.5 Å². The number of amides is 2. The van der Waals surface area contributed by atoms with Crippen molar-refractivity contribution in [2.45, 2.75) is 12.6 Å². The number of nitrogens with one attached hydrogen (secondary N) is 1. The lowest BCUT2D eigenvalue weighted by molar-refractivity contribution is 0.182. The molecule has 4 rings (SSSR count). The van der Waals surface area contributed by atoms with Crippen LogP contribution in [0.2, 0.25) is 0 Å². The van der Waals surface area contributed by atoms with Crippen LogP contribution in [0.5, 0.6) is 5.75 Å². The molecule has 0 fully saturated rings. The molecule has 1 aliphatic heterocycles. The second-order valence-electron chi connectivity index (χ2n) is 6.43. The molecule has 138 valence electrons. The summed E-state index contributed by atoms with van der Waals surface area (Å²) in [6.45, 7) is 1.30. The van der Waals surface area contributed by atoms with Gasteiger partial charge in [-0.3, -0.25) is 0 Å². The number of hydrogen-bond donors (Lipinski definition) is 1. The predicted molar refractivity (Wildman–Crippen MR) is 101 cm³/mol. The maximum Gasteiger partial charge on any atom is 0.322 e. The van der Waals surface area contributed by atoms with Crippen LogP contribution in [0.15, 0.2) is 66.9 Å². The van der Waals surface area contributed by atoms with E-state index in [1.165, 1.54) is 12.1 Å². The molecule has 0 aliphatic carbocycles. The number of carbonyl (C=O) groups excluding carboxylic acids is 1. The average Bonchev–Trinajstić information content (AvgIpc) is 3.18. The smallest absolute Gasteiger partial charge is 0.322 e. The molecule has 5 nitrogen and oxygen atoms in total. The molecule has 1 N–H and O–H groups in total. The maximum atomic E-state index is 13.1. The van der Waals surface area contributed by atoms with Crippen LogP contribution in [0.25, 0.3) is 0 Å². The Bertz CT molecular complexity index is 935. The first-order valence-corrected chi connectivity index (χ1v) is 8.78. The van der Waals surface area contributed by atoms with E-state index < -0.39 is 0 Å². The molecular formula is C21H20FN3O2. The number of methoxy groups -OCH3 is 1. The zero-order valence-corrected chi connectivity index (χ0v) is 14.9. The Morgan fingerprint density at radius 1 is 1.07 bits per heavy atom. The number of aromatic nitrogens is 1. The number of carbonyl (C=O) groups is 1. The maximum absolute atomic E-state index is 13.1. The molecule has 0 spiro atoms. The summed E-state index contributed by atoms with van der Waals surface area (Å²) < 4.78 is 20.5. The summed E-state index contributed by atoms with van der Waals surface area (Å²) in [5.74, 6) is 0.437. The van der Waals surface area contributed by atoms with Crippen LogP contribution in [0.3, 0.4) is 0 Å². The summed E-state index contributed by atoms with van der Waals surface area (Å²) in [5, 5.41) is 2.87. The van der Waals surface area contributed by atoms with Crippen LogP contribution in [0.4, 0.5) is 14.9 Å². The van der Waals surface area contributed by atoms with Crippen LogP contribution < -0.4 is 10.1 Å². The highest BCUT2D eigenvalue weighted by Crippen LogP contribution is 2.33. The van der Waals surface area contributed by atoms with Crippen molar-refractivity contribution in [1.29, 1.82) is 0 Å². The summed E-state index contributed by atoms with van der Waals surface area (Å²) >= 11 is 0. The highest BCUT2D eigenvalue weighted by molar-refractivity contribution is 5.90. The van der Waals surface area contributed by atoms with Crippen molar-refractivity contribution in [3.63, 3.8) is 0 Å². The summed E-state index contributed by atoms with van der Waals surface area (Å²) in [6.07, 6.45) is 2.03. The minimum absolute atomic E-state index is 0.208. The van der Waals surface area contributed by atoms with Gasteiger partial charge in [-0.05, 0) is 54.1 Å². The molecular weight excluding hydrogens is 345 g/mol. The molecule has 2 amide bonds. The first kappa shape index (κ1) is 17.1. The highest BCUT2D eigenvalue weighted by Gasteiger charge is 2.32. The number of benzene rings is 2. The number of nitrogens with zero attached hydrogens (tertiary/aromatic N) is 2. The fourth-order valence-electron chi connectivity index (χ4n) is 3.47. The summed E-state index contributed by atoms with van der Waals surface area (Å²) in [5.41, 5.74) is 2.63. The molecule has 0 saturated heterocycles. The van der Waals surface area contributed by atoms with Gasteiger partial charge in [0, 0.05) is 30.7 Å². The van der Waals surface area contributed by atoms with Crippen molar-refractivity contribution in [3.8, 4) is 5.75 Å². The van der Waals surface area contributed by atoms with E-state index in [2.05, 4.69) is 9.88 Å². The first-order chi connectivity index (χ1) is 13.2. The Labute approximate surface area is 157 Å². The van der Waals surface area contributed by atoms with E-state index in [-0.39, 0.29) is 17.9 Å². The zero-order chi connectivity index (χ0) is 18.8. The molecule has 2 heterocycles. The third-order valence-corrected chi connectivity index (χ3v) is 4.83. The standard InChI is InChI=1S/C21H20FN3O2/c1-27-18-10-4-15(5-11-18)20-19-3-2-12-24(19)13-14-25(20)21(26)23-17-8-6-16(22)7-9-17/h2-12,20H,13-14H2,1H3,(H,23,26). The minimum atomic E-state index is -0.333. The summed E-state index contributed by atoms with van der Waals surface area (Å²) in [4.78, 5) is 14.8. The van der Waals surface area contributed by atoms with Crippen molar-refractivity contribution in [3.05, 3.63) is 83.9 Å². The van der Waals surface area contributed by atoms with Gasteiger partial charge in [-0.1, -0.05) is 12.1 Å². The van der Waals surface area contributed by atoms with E-state index in [0.29, 0.717) is 12.2 Å². The van der Waals surface area contributed by atoms with Crippen molar-refractivity contribution < 1.29 is 13.9 Å². The molecule has 0 saturated carbocycles. The van der Waals surface area contributed by atoms with E-state index in [0.717, 1.165) is 23.6 Å². The Balaban J connectivity index is 1.65. The summed E-state index contributed by atoms with van der Waals surface area (Å²) in [6, 6.07) is 17.1. The third-order valence-electron chi connectivity index (χ3n) is 4.83. The second kappa shape index (κ2) is 7.15. The second-order valence-corrected chi connectivity index (χ2v) is 6.43. The molecule has 2 aromatic carbocycles. The molecule has 0 radical (unpaired) electrons. The first-order valence-electron chi connectivity index (χ1n) is 8.78. The number of urea groups is 1. The monoisotopic (exact) mass is 365 g/mol. The van der Waals surface area contributed by atoms with Crippen LogP contribution >= 0.6 is 0 Å². The van der Waals surface area contributed by atoms with Crippen LogP contribution in [0, 0.1) is 5.82 Å². The molecule has 1 aromatic heterocycles. The fourth-order valence-corrected chi connectivity index (χ4v) is 3.47. The number of ether oxygens (including phenoxy) is 1. The van der Waals surface area contributed by atoms with E-state index in [9.17, 15) is 9.18 Å². The van der Waals surface area contributed by atoms with E-state index in [4.69, 9.17) is 4.74 Å². The van der Waals surface area contributed by atoms with E-state index in [1.54, 1.807) is 24.1 Å². The van der Waals surface area contributed by atoms with E-state index >= 15 is 0 Å². The molecule has 1 unspecified atom stereocenters. The van der Waals surface area contributed by atoms with Crippen LogP contribution in [0.1, 0.15) is 17.3 Å². The number of fused-ring (bicyclic) bond motifs is 1. The molecule has 1 aliphatic rings. The average molecular weight is 365 g/mol. The normalized spacial score (nSPS) is 15.9. The largest absolute Gasteiger partial charge is 0.497 e. The van der Waals surface area contributed by atoms with Gasteiger partial charge >= 0.3 is 6.03 Å². The molecule has 1 atom stereocenters. The van der Waals surface area contributed by atoms with Gasteiger partial charge in [-0.25, -0.2) is 9.18 Å². The van der Waals surface area contributed by atoms with Crippen molar-refractivity contribution in [1.82, 2.24) is 9.47 Å². The number of halogens is 1. The quantitative estimate of drug-likeness (QED) is 0.753. The number of hydrogen-bond acceptors (Lipinski definition) is 2. The summed E-state index contributed by atoms with van der Waals surface area (Å²) in [7, 11) is 1.63. The Morgan fingerprint density at radius 2 is 1.81 bits per heavy atom.